The summed E-state index contributed by atoms with van der Waals surface area (Å²) in [5, 5.41) is 5.91. The monoisotopic (exact) mass is 470 g/mol. The van der Waals surface area contributed by atoms with Crippen molar-refractivity contribution in [2.75, 3.05) is 30.9 Å². The van der Waals surface area contributed by atoms with Gasteiger partial charge < -0.3 is 25.8 Å². The zero-order valence-electron chi connectivity index (χ0n) is 20.9. The largest absolute Gasteiger partial charge is 0.381 e. The van der Waals surface area contributed by atoms with E-state index in [1.165, 1.54) is 25.7 Å². The number of fused-ring (bicyclic) bond motifs is 1. The number of imidazole rings is 1. The average molecular weight is 471 g/mol. The van der Waals surface area contributed by atoms with Crippen molar-refractivity contribution in [1.29, 1.82) is 0 Å². The Morgan fingerprint density at radius 2 is 1.79 bits per heavy atom. The van der Waals surface area contributed by atoms with Crippen LogP contribution in [0.3, 0.4) is 0 Å². The molecule has 1 saturated heterocycles. The Labute approximate surface area is 203 Å². The second-order valence-corrected chi connectivity index (χ2v) is 10.5. The third-order valence-corrected chi connectivity index (χ3v) is 8.28. The average Bonchev–Trinajstić information content (AvgIpc) is 3.52. The molecule has 0 amide bonds. The van der Waals surface area contributed by atoms with Crippen LogP contribution < -0.4 is 16.5 Å². The van der Waals surface area contributed by atoms with Crippen LogP contribution in [-0.2, 0) is 4.74 Å². The molecule has 0 radical (unpaired) electrons. The summed E-state index contributed by atoms with van der Waals surface area (Å²) in [7, 11) is 1.84. The molecule has 3 aliphatic rings. The molecular formula is C25H42N8O. The molecule has 3 heterocycles. The van der Waals surface area contributed by atoms with Gasteiger partial charge in [-0.25, -0.2) is 9.99 Å². The second-order valence-electron chi connectivity index (χ2n) is 10.5. The summed E-state index contributed by atoms with van der Waals surface area (Å²) >= 11 is 0. The van der Waals surface area contributed by atoms with Gasteiger partial charge in [0, 0.05) is 38.3 Å². The molecule has 2 saturated carbocycles. The van der Waals surface area contributed by atoms with Crippen LogP contribution in [0.2, 0.25) is 0 Å². The molecule has 0 bridgehead atoms. The maximum absolute atomic E-state index is 6.12. The normalized spacial score (nSPS) is 26.2. The minimum Gasteiger partial charge on any atom is -0.381 e. The van der Waals surface area contributed by atoms with Crippen LogP contribution in [0, 0.1) is 5.92 Å². The molecule has 9 nitrogen and oxygen atoms in total. The smallest absolute Gasteiger partial charge is 0.227 e. The highest BCUT2D eigenvalue weighted by molar-refractivity contribution is 5.84. The standard InChI is InChI=1S/C25H42N8O/c1-3-21(34-2)17-12-14-32(15-13-17)31-23-22-24(33(16-27-22)20-6-4-5-7-20)30-25(29-23)28-19-10-8-18(26)9-11-19/h16-21H,3-15,26H2,1-2H3,(H2,28,29,30,31). The molecule has 1 aliphatic heterocycles. The fourth-order valence-corrected chi connectivity index (χ4v) is 6.18. The zero-order valence-corrected chi connectivity index (χ0v) is 20.9. The van der Waals surface area contributed by atoms with Crippen molar-refractivity contribution in [2.24, 2.45) is 11.7 Å². The van der Waals surface area contributed by atoms with Crippen LogP contribution in [0.25, 0.3) is 11.2 Å². The number of ether oxygens (including phenoxy) is 1. The first-order valence-corrected chi connectivity index (χ1v) is 13.5. The summed E-state index contributed by atoms with van der Waals surface area (Å²) in [5.41, 5.74) is 11.5. The molecule has 2 aromatic heterocycles. The van der Waals surface area contributed by atoms with E-state index in [0.29, 0.717) is 36.1 Å². The SMILES string of the molecule is CCC(OC)C1CCN(Nc2nc(NC3CCC(N)CC3)nc3c2ncn3C2CCCC2)CC1. The van der Waals surface area contributed by atoms with Crippen molar-refractivity contribution in [2.45, 2.75) is 102 Å². The van der Waals surface area contributed by atoms with E-state index in [-0.39, 0.29) is 0 Å². The van der Waals surface area contributed by atoms with Crippen molar-refractivity contribution in [3.05, 3.63) is 6.33 Å². The molecular weight excluding hydrogens is 428 g/mol. The lowest BCUT2D eigenvalue weighted by Crippen LogP contribution is -2.41. The van der Waals surface area contributed by atoms with Gasteiger partial charge in [-0.15, -0.1) is 0 Å². The molecule has 2 aliphatic carbocycles. The van der Waals surface area contributed by atoms with E-state index in [2.05, 4.69) is 27.2 Å². The minimum atomic E-state index is 0.329. The molecule has 0 aromatic carbocycles. The van der Waals surface area contributed by atoms with Crippen LogP contribution in [-0.4, -0.2) is 62.9 Å². The number of hydrazine groups is 1. The van der Waals surface area contributed by atoms with Crippen molar-refractivity contribution in [3.63, 3.8) is 0 Å². The van der Waals surface area contributed by atoms with Crippen molar-refractivity contribution >= 4 is 22.9 Å². The first-order valence-electron chi connectivity index (χ1n) is 13.5. The molecule has 9 heteroatoms. The highest BCUT2D eigenvalue weighted by atomic mass is 16.5. The van der Waals surface area contributed by atoms with Crippen molar-refractivity contribution in [3.8, 4) is 0 Å². The number of nitrogens with two attached hydrogens (primary N) is 1. The van der Waals surface area contributed by atoms with E-state index in [9.17, 15) is 0 Å². The second kappa shape index (κ2) is 10.7. The number of methoxy groups -OCH3 is 1. The first-order chi connectivity index (χ1) is 16.6. The molecule has 1 unspecified atom stereocenters. The summed E-state index contributed by atoms with van der Waals surface area (Å²) < 4.78 is 7.99. The van der Waals surface area contributed by atoms with E-state index in [4.69, 9.17) is 25.4 Å². The van der Waals surface area contributed by atoms with Crippen LogP contribution in [0.15, 0.2) is 6.33 Å². The van der Waals surface area contributed by atoms with Crippen molar-refractivity contribution < 1.29 is 4.74 Å². The highest BCUT2D eigenvalue weighted by Gasteiger charge is 2.28. The molecule has 3 fully saturated rings. The summed E-state index contributed by atoms with van der Waals surface area (Å²) in [6.45, 7) is 4.16. The van der Waals surface area contributed by atoms with E-state index in [1.54, 1.807) is 0 Å². The predicted molar refractivity (Wildman–Crippen MR) is 136 cm³/mol. The van der Waals surface area contributed by atoms with E-state index < -0.39 is 0 Å². The van der Waals surface area contributed by atoms with Crippen LogP contribution in [0.1, 0.15) is 83.6 Å². The Morgan fingerprint density at radius 3 is 2.47 bits per heavy atom. The maximum atomic E-state index is 6.12. The van der Waals surface area contributed by atoms with E-state index in [1.807, 2.05) is 13.4 Å². The molecule has 1 atom stereocenters. The number of rotatable bonds is 8. The molecule has 5 rings (SSSR count). The van der Waals surface area contributed by atoms with Crippen LogP contribution >= 0.6 is 0 Å². The van der Waals surface area contributed by atoms with Gasteiger partial charge in [-0.1, -0.05) is 19.8 Å². The number of hydrogen-bond acceptors (Lipinski definition) is 8. The lowest BCUT2D eigenvalue weighted by Gasteiger charge is -2.35. The van der Waals surface area contributed by atoms with Crippen LogP contribution in [0.4, 0.5) is 11.8 Å². The van der Waals surface area contributed by atoms with E-state index in [0.717, 1.165) is 75.0 Å². The number of nitrogens with zero attached hydrogens (tertiary/aromatic N) is 5. The van der Waals surface area contributed by atoms with Gasteiger partial charge >= 0.3 is 0 Å². The molecule has 188 valence electrons. The van der Waals surface area contributed by atoms with Gasteiger partial charge in [-0.3, -0.25) is 0 Å². The summed E-state index contributed by atoms with van der Waals surface area (Å²) in [4.78, 5) is 14.7. The minimum absolute atomic E-state index is 0.329. The van der Waals surface area contributed by atoms with Crippen molar-refractivity contribution in [1.82, 2.24) is 24.5 Å². The number of nitrogens with one attached hydrogen (secondary N) is 2. The third-order valence-electron chi connectivity index (χ3n) is 8.28. The number of hydrogen-bond donors (Lipinski definition) is 3. The number of aromatic nitrogens is 4. The van der Waals surface area contributed by atoms with Gasteiger partial charge in [0.2, 0.25) is 5.95 Å². The van der Waals surface area contributed by atoms with Crippen LogP contribution in [0.5, 0.6) is 0 Å². The number of piperidine rings is 1. The Kier molecular flexibility index (Phi) is 7.51. The maximum Gasteiger partial charge on any atom is 0.227 e. The van der Waals surface area contributed by atoms with Gasteiger partial charge in [0.25, 0.3) is 0 Å². The highest BCUT2D eigenvalue weighted by Crippen LogP contribution is 2.34. The Morgan fingerprint density at radius 1 is 1.06 bits per heavy atom. The lowest BCUT2D eigenvalue weighted by molar-refractivity contribution is 0.0229. The quantitative estimate of drug-likeness (QED) is 0.530. The molecule has 34 heavy (non-hydrogen) atoms. The Bertz CT molecular complexity index is 922. The van der Waals surface area contributed by atoms with Gasteiger partial charge in [-0.05, 0) is 63.7 Å². The third kappa shape index (κ3) is 5.16. The molecule has 0 spiro atoms. The zero-order chi connectivity index (χ0) is 23.5. The van der Waals surface area contributed by atoms with E-state index >= 15 is 0 Å². The fraction of sp³-hybridized carbons (Fsp3) is 0.800. The number of anilines is 2. The Balaban J connectivity index is 1.36. The molecule has 2 aromatic rings. The summed E-state index contributed by atoms with van der Waals surface area (Å²) in [6.07, 6.45) is 14.9. The topological polar surface area (TPSA) is 106 Å². The lowest BCUT2D eigenvalue weighted by atomic mass is 9.90. The van der Waals surface area contributed by atoms with Gasteiger partial charge in [-0.2, -0.15) is 9.97 Å². The predicted octanol–water partition coefficient (Wildman–Crippen LogP) is 4.09. The summed E-state index contributed by atoms with van der Waals surface area (Å²) in [6, 6.07) is 1.20. The van der Waals surface area contributed by atoms with Gasteiger partial charge in [0.15, 0.2) is 17.0 Å². The van der Waals surface area contributed by atoms with Gasteiger partial charge in [0.1, 0.15) is 0 Å². The fourth-order valence-electron chi connectivity index (χ4n) is 6.18. The first kappa shape index (κ1) is 23.8. The summed E-state index contributed by atoms with van der Waals surface area (Å²) in [5.74, 6) is 2.14. The molecule has 4 N–H and O–H groups in total. The Hall–Kier alpha value is -1.97. The van der Waals surface area contributed by atoms with Gasteiger partial charge in [0.05, 0.1) is 12.4 Å².